The first-order valence-electron chi connectivity index (χ1n) is 44.7. The highest BCUT2D eigenvalue weighted by Crippen LogP contribution is 2.43. The number of benzene rings is 16. The van der Waals surface area contributed by atoms with Gasteiger partial charge in [-0.25, -0.2) is 26.3 Å². The van der Waals surface area contributed by atoms with Crippen LogP contribution in [-0.4, -0.2) is 128 Å². The molecule has 5 aliphatic rings. The van der Waals surface area contributed by atoms with E-state index >= 15 is 0 Å². The number of aromatic hydroxyl groups is 3. The predicted octanol–water partition coefficient (Wildman–Crippen LogP) is 21.6. The molecule has 0 saturated heterocycles. The Morgan fingerprint density at radius 3 is 0.870 bits per heavy atom. The highest BCUT2D eigenvalue weighted by Gasteiger charge is 2.47. The second-order valence-electron chi connectivity index (χ2n) is 32.0. The van der Waals surface area contributed by atoms with Crippen LogP contribution in [0.3, 0.4) is 0 Å². The Morgan fingerprint density at radius 1 is 0.295 bits per heavy atom. The van der Waals surface area contributed by atoms with Crippen LogP contribution >= 0.6 is 15.9 Å². The largest absolute Gasteiger partial charge is 0.508 e. The van der Waals surface area contributed by atoms with Crippen LogP contribution in [-0.2, 0) is 4.65 Å². The minimum Gasteiger partial charge on any atom is -0.508 e. The Bertz CT molecular complexity index is 6590. The molecular weight excluding hydrogens is 1930 g/mol. The summed E-state index contributed by atoms with van der Waals surface area (Å²) < 4.78 is 174. The topological polar surface area (TPSA) is 208 Å². The molecular formula is C113H107B7BrF6O19. The van der Waals surface area contributed by atoms with Crippen molar-refractivity contribution >= 4 is 120 Å². The van der Waals surface area contributed by atoms with Crippen LogP contribution in [0.25, 0.3) is 0 Å². The lowest BCUT2D eigenvalue weighted by molar-refractivity contribution is 0.249. The molecule has 0 fully saturated rings. The van der Waals surface area contributed by atoms with Gasteiger partial charge in [-0.3, -0.25) is 0 Å². The van der Waals surface area contributed by atoms with Crippen molar-refractivity contribution in [2.45, 2.75) is 62.9 Å². The molecule has 0 unspecified atom stereocenters. The van der Waals surface area contributed by atoms with E-state index in [0.717, 1.165) is 137 Å². The third-order valence-corrected chi connectivity index (χ3v) is 23.3. The quantitative estimate of drug-likeness (QED) is 0.0572. The van der Waals surface area contributed by atoms with E-state index in [9.17, 15) is 36.6 Å². The molecule has 16 aromatic carbocycles. The van der Waals surface area contributed by atoms with E-state index in [4.69, 9.17) is 80.8 Å². The van der Waals surface area contributed by atoms with Crippen LogP contribution in [0.1, 0.15) is 47.3 Å². The zero-order chi connectivity index (χ0) is 102. The Morgan fingerprint density at radius 2 is 0.548 bits per heavy atom. The summed E-state index contributed by atoms with van der Waals surface area (Å²) in [5, 5.41) is 29.4. The van der Waals surface area contributed by atoms with Crippen molar-refractivity contribution in [2.75, 3.05) is 56.9 Å². The zero-order valence-electron chi connectivity index (χ0n) is 80.2. The molecule has 743 valence electrons. The molecule has 0 saturated carbocycles. The summed E-state index contributed by atoms with van der Waals surface area (Å²) in [5.41, 5.74) is 6.53. The van der Waals surface area contributed by atoms with Gasteiger partial charge >= 0.3 is 6.92 Å². The number of hydrogen-bond acceptors (Lipinski definition) is 19. The van der Waals surface area contributed by atoms with E-state index in [1.807, 2.05) is 191 Å². The predicted molar refractivity (Wildman–Crippen MR) is 577 cm³/mol. The van der Waals surface area contributed by atoms with E-state index in [1.54, 1.807) is 134 Å². The molecule has 19 nitrogen and oxygen atoms in total. The van der Waals surface area contributed by atoms with Gasteiger partial charge in [0.25, 0.3) is 20.1 Å². The minimum atomic E-state index is -1.02. The van der Waals surface area contributed by atoms with E-state index in [0.29, 0.717) is 51.2 Å². The van der Waals surface area contributed by atoms with E-state index < -0.39 is 55.2 Å². The molecule has 0 amide bonds. The fraction of sp³-hybridized carbons (Fsp3) is 0.150. The number of methoxy groups -OCH3 is 8. The van der Waals surface area contributed by atoms with Crippen molar-refractivity contribution in [1.29, 1.82) is 0 Å². The molecule has 0 spiro atoms. The van der Waals surface area contributed by atoms with Gasteiger partial charge in [0.05, 0.1) is 56.9 Å². The molecule has 5 radical (unpaired) electrons. The van der Waals surface area contributed by atoms with Crippen LogP contribution in [0, 0.1) is 48.8 Å². The molecule has 0 bridgehead atoms. The van der Waals surface area contributed by atoms with E-state index in [-0.39, 0.29) is 79.7 Å². The zero-order valence-corrected chi connectivity index (χ0v) is 81.7. The third-order valence-electron chi connectivity index (χ3n) is 22.8. The number of rotatable bonds is 17. The van der Waals surface area contributed by atoms with Gasteiger partial charge in [0.1, 0.15) is 179 Å². The van der Waals surface area contributed by atoms with Crippen molar-refractivity contribution in [2.24, 2.45) is 0 Å². The van der Waals surface area contributed by atoms with Crippen molar-refractivity contribution < 1.29 is 117 Å². The number of ether oxygens (including phenoxy) is 15. The van der Waals surface area contributed by atoms with Crippen molar-refractivity contribution in [1.82, 2.24) is 0 Å². The maximum absolute atomic E-state index is 14.7. The summed E-state index contributed by atoms with van der Waals surface area (Å²) in [6, 6.07) is 89.7. The SMILES string of the molecule is C.C.C.CB(OC(C)C)c1c(F)cccc1F.COc1cccc(Br)c1.COc1cccc(O)c1.COc1cccc(Oc2cccc(OC)c2)c1.COc1cccc(Oc2cccc(OC)c2C)c1C.COc1cccc2c1B(c1c(F)cccc1F)c1c(OC)cccc1O2.Oc1cccc2c1B(c1c(F)cccc1F)c1c(O)cccc1O2.[B][B][B].c1cc2c3c(c1)Oc1cccc4c1B3c1c(cccc1O4)O2. The number of halogens is 7. The lowest BCUT2D eigenvalue weighted by Crippen LogP contribution is -2.59. The molecule has 3 N–H and O–H groups in total. The van der Waals surface area contributed by atoms with Crippen LogP contribution in [0.5, 0.6) is 144 Å². The van der Waals surface area contributed by atoms with Gasteiger partial charge in [-0.2, -0.15) is 0 Å². The van der Waals surface area contributed by atoms with E-state index in [1.165, 1.54) is 68.8 Å². The van der Waals surface area contributed by atoms with Gasteiger partial charge < -0.3 is 91.0 Å². The molecule has 5 heterocycles. The summed E-state index contributed by atoms with van der Waals surface area (Å²) in [7, 11) is 22.8. The number of phenols is 3. The lowest BCUT2D eigenvalue weighted by atomic mass is 9.34. The second kappa shape index (κ2) is 53.1. The Kier molecular flexibility index (Phi) is 40.9. The van der Waals surface area contributed by atoms with Crippen molar-refractivity contribution in [3.8, 4) is 144 Å². The van der Waals surface area contributed by atoms with Crippen molar-refractivity contribution in [3.63, 3.8) is 0 Å². The summed E-state index contributed by atoms with van der Waals surface area (Å²) in [4.78, 5) is 0. The summed E-state index contributed by atoms with van der Waals surface area (Å²) in [5.74, 6) is 11.6. The van der Waals surface area contributed by atoms with Crippen molar-refractivity contribution in [3.05, 3.63) is 366 Å². The van der Waals surface area contributed by atoms with Crippen LogP contribution < -0.4 is 126 Å². The fourth-order valence-corrected chi connectivity index (χ4v) is 16.8. The van der Waals surface area contributed by atoms with Crippen LogP contribution in [0.2, 0.25) is 6.82 Å². The maximum atomic E-state index is 14.7. The molecule has 21 rings (SSSR count). The minimum absolute atomic E-state index is 0. The standard InChI is InChI=1S/C20H15BF2O3.C18H11BF2O3.C18H9BO3.C16H18O3.C14H14O3.C10H13BF2O.C7H7BrO.C7H8O2.3CH4.B3/c1-24-14-8-4-10-16-19(14)21(18-12(22)6-3-7-13(18)23)20-15(25-2)9-5-11-17(20)26-16;20-10-4-1-5-11(21)16(10)19-17-12(22)6-2-8-14(17)24-15-9-3-7-13(23)18(15)19;1-4-10-16-11(5-1)21-13-7-3-9-15-18(13)19(16)17-12(20-10)6-2-8-14(17)22-15;1-11-13(17-3)7-5-9-15(11)19-16-10-6-8-14(18-4)12(16)2;1-15-11-5-3-7-13(9-11)17-14-8-4-6-12(10-14)16-2;1-7(2)14-11(3)10-8(12)5-4-6-9(10)13;2*1-9-7-4-2-3-6(8)5-7;;;;1-3-2/h3-11H,1-2H3;1-9,22-23H;1-9H;5-10H,1-4H3;3-10H,1-2H3;4-7H,1-3H3;2-5H,1H3;2-5,8H,1H3;3*1H4;. The first kappa shape index (κ1) is 112. The molecule has 33 heteroatoms. The maximum Gasteiger partial charge on any atom is 0.329 e. The monoisotopic (exact) mass is 2040 g/mol. The molecule has 0 atom stereocenters. The first-order chi connectivity index (χ1) is 69.2. The Hall–Kier alpha value is -15.6. The number of fused-ring (bicyclic) bond motifs is 4. The van der Waals surface area contributed by atoms with Gasteiger partial charge in [0.2, 0.25) is 0 Å². The number of hydrogen-bond donors (Lipinski definition) is 3. The molecule has 5 aliphatic heterocycles. The Labute approximate surface area is 861 Å². The lowest BCUT2D eigenvalue weighted by Gasteiger charge is -2.37. The average molecular weight is 2040 g/mol. The molecule has 0 aliphatic carbocycles. The summed E-state index contributed by atoms with van der Waals surface area (Å²) >= 11 is 3.32. The van der Waals surface area contributed by atoms with Gasteiger partial charge in [0.15, 0.2) is 0 Å². The Balaban J connectivity index is 0.000000173. The van der Waals surface area contributed by atoms with Gasteiger partial charge in [-0.05, 0) is 228 Å². The third kappa shape index (κ3) is 26.5. The second-order valence-corrected chi connectivity index (χ2v) is 32.9. The number of phenolic OH excluding ortho intramolecular Hbond substituents is 3. The van der Waals surface area contributed by atoms with Gasteiger partial charge in [0, 0.05) is 117 Å². The average Bonchev–Trinajstić information content (AvgIpc) is 0.704. The van der Waals surface area contributed by atoms with Gasteiger partial charge in [-0.1, -0.05) is 142 Å². The summed E-state index contributed by atoms with van der Waals surface area (Å²) in [6.45, 7) is 7.03. The highest BCUT2D eigenvalue weighted by molar-refractivity contribution is 9.10. The van der Waals surface area contributed by atoms with Crippen LogP contribution in [0.15, 0.2) is 320 Å². The highest BCUT2D eigenvalue weighted by atomic mass is 79.9. The molecule has 16 aromatic rings. The smallest absolute Gasteiger partial charge is 0.329 e. The molecule has 146 heavy (non-hydrogen) atoms. The normalized spacial score (nSPS) is 11.0. The van der Waals surface area contributed by atoms with E-state index in [2.05, 4.69) is 31.4 Å². The molecule has 0 aromatic heterocycles. The van der Waals surface area contributed by atoms with Crippen LogP contribution in [0.4, 0.5) is 26.3 Å². The summed E-state index contributed by atoms with van der Waals surface area (Å²) in [6.07, 6.45) is -0.0518. The fourth-order valence-electron chi connectivity index (χ4n) is 16.4. The first-order valence-corrected chi connectivity index (χ1v) is 45.5. The van der Waals surface area contributed by atoms with Gasteiger partial charge in [-0.15, -0.1) is 0 Å².